The van der Waals surface area contributed by atoms with E-state index >= 15 is 0 Å². The maximum atomic E-state index is 7.41. The van der Waals surface area contributed by atoms with Gasteiger partial charge < -0.3 is 10.5 Å². The summed E-state index contributed by atoms with van der Waals surface area (Å²) in [5.41, 5.74) is 7.18. The van der Waals surface area contributed by atoms with Crippen LogP contribution >= 0.6 is 0 Å². The molecule has 0 spiro atoms. The highest BCUT2D eigenvalue weighted by Gasteiger charge is 2.19. The standard InChI is InChI=1S/C14H22N4O/c1-2-19-12-4-7-18(8-5-12)10-11-3-6-17-13(9-11)14(15)16/h3,6,9,12H,2,4-5,7-8,10H2,1H3,(H3,15,16). The van der Waals surface area contributed by atoms with Gasteiger partial charge in [0.05, 0.1) is 6.10 Å². The van der Waals surface area contributed by atoms with Crippen LogP contribution in [0.1, 0.15) is 31.0 Å². The van der Waals surface area contributed by atoms with E-state index in [1.165, 1.54) is 0 Å². The molecule has 2 heterocycles. The molecule has 0 unspecified atom stereocenters. The number of nitrogens with zero attached hydrogens (tertiary/aromatic N) is 2. The molecular weight excluding hydrogens is 240 g/mol. The molecule has 0 atom stereocenters. The summed E-state index contributed by atoms with van der Waals surface area (Å²) in [5.74, 6) is 0.0249. The Kier molecular flexibility index (Phi) is 4.87. The number of aromatic nitrogens is 1. The van der Waals surface area contributed by atoms with Crippen molar-refractivity contribution in [3.05, 3.63) is 29.6 Å². The lowest BCUT2D eigenvalue weighted by Gasteiger charge is -2.31. The van der Waals surface area contributed by atoms with Gasteiger partial charge in [-0.2, -0.15) is 0 Å². The Bertz CT molecular complexity index is 427. The van der Waals surface area contributed by atoms with E-state index in [0.29, 0.717) is 11.8 Å². The van der Waals surface area contributed by atoms with E-state index in [1.807, 2.05) is 19.1 Å². The molecule has 1 aliphatic heterocycles. The molecule has 1 aliphatic rings. The minimum Gasteiger partial charge on any atom is -0.382 e. The quantitative estimate of drug-likeness (QED) is 0.620. The smallest absolute Gasteiger partial charge is 0.141 e. The molecule has 1 saturated heterocycles. The van der Waals surface area contributed by atoms with Gasteiger partial charge >= 0.3 is 0 Å². The molecule has 0 bridgehead atoms. The Morgan fingerprint density at radius 2 is 2.26 bits per heavy atom. The van der Waals surface area contributed by atoms with E-state index in [9.17, 15) is 0 Å². The van der Waals surface area contributed by atoms with Crippen LogP contribution in [-0.4, -0.2) is 41.5 Å². The van der Waals surface area contributed by atoms with E-state index in [4.69, 9.17) is 15.9 Å². The van der Waals surface area contributed by atoms with Crippen molar-refractivity contribution in [2.45, 2.75) is 32.4 Å². The fourth-order valence-corrected chi connectivity index (χ4v) is 2.45. The van der Waals surface area contributed by atoms with Crippen LogP contribution in [0.4, 0.5) is 0 Å². The van der Waals surface area contributed by atoms with Crippen molar-refractivity contribution in [3.8, 4) is 0 Å². The number of ether oxygens (including phenoxy) is 1. The average molecular weight is 262 g/mol. The molecule has 0 aromatic carbocycles. The van der Waals surface area contributed by atoms with Gasteiger partial charge in [-0.25, -0.2) is 0 Å². The second-order valence-electron chi connectivity index (χ2n) is 4.89. The summed E-state index contributed by atoms with van der Waals surface area (Å²) in [7, 11) is 0. The van der Waals surface area contributed by atoms with Crippen LogP contribution in [-0.2, 0) is 11.3 Å². The Morgan fingerprint density at radius 3 is 2.89 bits per heavy atom. The molecule has 104 valence electrons. The molecule has 5 nitrogen and oxygen atoms in total. The molecule has 0 amide bonds. The summed E-state index contributed by atoms with van der Waals surface area (Å²) in [6.07, 6.45) is 4.34. The molecule has 1 aromatic heterocycles. The summed E-state index contributed by atoms with van der Waals surface area (Å²) >= 11 is 0. The number of likely N-dealkylation sites (tertiary alicyclic amines) is 1. The molecule has 19 heavy (non-hydrogen) atoms. The SMILES string of the molecule is CCOC1CCN(Cc2ccnc(C(=N)N)c2)CC1. The summed E-state index contributed by atoms with van der Waals surface area (Å²) in [5, 5.41) is 7.41. The fourth-order valence-electron chi connectivity index (χ4n) is 2.45. The normalized spacial score (nSPS) is 17.5. The van der Waals surface area contributed by atoms with E-state index in [0.717, 1.165) is 44.6 Å². The third kappa shape index (κ3) is 4.01. The van der Waals surface area contributed by atoms with Gasteiger partial charge in [-0.1, -0.05) is 0 Å². The van der Waals surface area contributed by atoms with E-state index in [1.54, 1.807) is 6.20 Å². The Labute approximate surface area is 114 Å². The first kappa shape index (κ1) is 14.0. The van der Waals surface area contributed by atoms with Crippen molar-refractivity contribution >= 4 is 5.84 Å². The lowest BCUT2D eigenvalue weighted by atomic mass is 10.1. The maximum Gasteiger partial charge on any atom is 0.141 e. The van der Waals surface area contributed by atoms with Crippen LogP contribution in [0.25, 0.3) is 0 Å². The highest BCUT2D eigenvalue weighted by atomic mass is 16.5. The summed E-state index contributed by atoms with van der Waals surface area (Å²) in [4.78, 5) is 6.49. The number of hydrogen-bond acceptors (Lipinski definition) is 4. The molecule has 0 saturated carbocycles. The number of amidine groups is 1. The summed E-state index contributed by atoms with van der Waals surface area (Å²) < 4.78 is 5.65. The second kappa shape index (κ2) is 6.63. The zero-order valence-corrected chi connectivity index (χ0v) is 11.4. The largest absolute Gasteiger partial charge is 0.382 e. The topological polar surface area (TPSA) is 75.2 Å². The average Bonchev–Trinajstić information content (AvgIpc) is 2.42. The van der Waals surface area contributed by atoms with Crippen molar-refractivity contribution in [1.82, 2.24) is 9.88 Å². The summed E-state index contributed by atoms with van der Waals surface area (Å²) in [6.45, 7) is 5.86. The van der Waals surface area contributed by atoms with Crippen molar-refractivity contribution in [2.24, 2.45) is 5.73 Å². The van der Waals surface area contributed by atoms with Gasteiger partial charge in [-0.05, 0) is 37.5 Å². The predicted octanol–water partition coefficient (Wildman–Crippen LogP) is 1.37. The van der Waals surface area contributed by atoms with Crippen molar-refractivity contribution in [2.75, 3.05) is 19.7 Å². The zero-order chi connectivity index (χ0) is 13.7. The summed E-state index contributed by atoms with van der Waals surface area (Å²) in [6, 6.07) is 3.89. The number of nitrogens with two attached hydrogens (primary N) is 1. The van der Waals surface area contributed by atoms with Crippen molar-refractivity contribution in [3.63, 3.8) is 0 Å². The van der Waals surface area contributed by atoms with Crippen molar-refractivity contribution < 1.29 is 4.74 Å². The molecule has 3 N–H and O–H groups in total. The number of hydrogen-bond donors (Lipinski definition) is 2. The highest BCUT2D eigenvalue weighted by molar-refractivity contribution is 5.93. The number of piperidine rings is 1. The van der Waals surface area contributed by atoms with Crippen LogP contribution in [0.3, 0.4) is 0 Å². The second-order valence-corrected chi connectivity index (χ2v) is 4.89. The van der Waals surface area contributed by atoms with Gasteiger partial charge in [0.15, 0.2) is 0 Å². The van der Waals surface area contributed by atoms with Gasteiger partial charge in [0.1, 0.15) is 11.5 Å². The molecule has 0 aliphatic carbocycles. The maximum absolute atomic E-state index is 7.41. The minimum absolute atomic E-state index is 0.0249. The van der Waals surface area contributed by atoms with Crippen LogP contribution in [0, 0.1) is 5.41 Å². The highest BCUT2D eigenvalue weighted by Crippen LogP contribution is 2.16. The molecular formula is C14H22N4O. The van der Waals surface area contributed by atoms with E-state index < -0.39 is 0 Å². The first-order chi connectivity index (χ1) is 9.19. The van der Waals surface area contributed by atoms with Gasteiger partial charge in [-0.3, -0.25) is 15.3 Å². The molecule has 0 radical (unpaired) electrons. The van der Waals surface area contributed by atoms with Gasteiger partial charge in [0, 0.05) is 32.4 Å². The Balaban J connectivity index is 1.88. The van der Waals surface area contributed by atoms with Crippen LogP contribution in [0.2, 0.25) is 0 Å². The fraction of sp³-hybridized carbons (Fsp3) is 0.571. The Morgan fingerprint density at radius 1 is 1.53 bits per heavy atom. The van der Waals surface area contributed by atoms with Crippen LogP contribution in [0.15, 0.2) is 18.3 Å². The molecule has 2 rings (SSSR count). The monoisotopic (exact) mass is 262 g/mol. The number of pyridine rings is 1. The number of nitrogen functional groups attached to an aromatic ring is 1. The minimum atomic E-state index is 0.0249. The first-order valence-corrected chi connectivity index (χ1v) is 6.82. The van der Waals surface area contributed by atoms with Crippen molar-refractivity contribution in [1.29, 1.82) is 5.41 Å². The van der Waals surface area contributed by atoms with E-state index in [2.05, 4.69) is 9.88 Å². The number of rotatable bonds is 5. The molecule has 1 fully saturated rings. The first-order valence-electron chi connectivity index (χ1n) is 6.82. The lowest BCUT2D eigenvalue weighted by molar-refractivity contribution is 0.0125. The van der Waals surface area contributed by atoms with Gasteiger partial charge in [-0.15, -0.1) is 0 Å². The van der Waals surface area contributed by atoms with Crippen LogP contribution in [0.5, 0.6) is 0 Å². The zero-order valence-electron chi connectivity index (χ0n) is 11.4. The van der Waals surface area contributed by atoms with Gasteiger partial charge in [0.2, 0.25) is 0 Å². The van der Waals surface area contributed by atoms with E-state index in [-0.39, 0.29) is 5.84 Å². The number of nitrogens with one attached hydrogen (secondary N) is 1. The third-order valence-electron chi connectivity index (χ3n) is 3.44. The Hall–Kier alpha value is -1.46. The molecule has 5 heteroatoms. The van der Waals surface area contributed by atoms with Gasteiger partial charge in [0.25, 0.3) is 0 Å². The van der Waals surface area contributed by atoms with Crippen LogP contribution < -0.4 is 5.73 Å². The predicted molar refractivity (Wildman–Crippen MR) is 75.2 cm³/mol. The third-order valence-corrected chi connectivity index (χ3v) is 3.44. The molecule has 1 aromatic rings. The lowest BCUT2D eigenvalue weighted by Crippen LogP contribution is -2.36.